The van der Waals surface area contributed by atoms with Crippen molar-refractivity contribution in [1.82, 2.24) is 9.97 Å². The number of nitrogens with one attached hydrogen (secondary N) is 2. The van der Waals surface area contributed by atoms with Gasteiger partial charge in [0.15, 0.2) is 5.16 Å². The maximum atomic E-state index is 12.3. The topological polar surface area (TPSA) is 74.8 Å². The van der Waals surface area contributed by atoms with Crippen molar-refractivity contribution in [3.05, 3.63) is 50.4 Å². The number of carbonyl (C=O) groups is 1. The third kappa shape index (κ3) is 3.65. The maximum Gasteiger partial charge on any atom is 0.254 e. The van der Waals surface area contributed by atoms with E-state index in [4.69, 9.17) is 11.6 Å². The van der Waals surface area contributed by atoms with Crippen molar-refractivity contribution in [1.29, 1.82) is 0 Å². The Morgan fingerprint density at radius 2 is 2.21 bits per heavy atom. The Kier molecular flexibility index (Phi) is 4.96. The Balaban J connectivity index is 1.69. The van der Waals surface area contributed by atoms with E-state index in [1.54, 1.807) is 13.0 Å². The SMILES string of the molecule is Cc1ccc(NC(=O)[C@H](C)Sc2nc3c(c(=O)[nH]2)CCC3)cc1Cl. The van der Waals surface area contributed by atoms with Gasteiger partial charge in [0.1, 0.15) is 0 Å². The van der Waals surface area contributed by atoms with Crippen molar-refractivity contribution in [3.63, 3.8) is 0 Å². The molecule has 24 heavy (non-hydrogen) atoms. The van der Waals surface area contributed by atoms with Crippen molar-refractivity contribution < 1.29 is 4.79 Å². The zero-order valence-corrected chi connectivity index (χ0v) is 15.1. The molecule has 0 radical (unpaired) electrons. The summed E-state index contributed by atoms with van der Waals surface area (Å²) in [6.45, 7) is 3.69. The van der Waals surface area contributed by atoms with Gasteiger partial charge in [0, 0.05) is 16.3 Å². The zero-order chi connectivity index (χ0) is 17.3. The van der Waals surface area contributed by atoms with Crippen molar-refractivity contribution in [2.24, 2.45) is 0 Å². The number of nitrogens with zero attached hydrogens (tertiary/aromatic N) is 1. The Hall–Kier alpha value is -1.79. The molecule has 5 nitrogen and oxygen atoms in total. The van der Waals surface area contributed by atoms with Gasteiger partial charge in [0.25, 0.3) is 5.56 Å². The highest BCUT2D eigenvalue weighted by Crippen LogP contribution is 2.24. The standard InChI is InChI=1S/C17H18ClN3O2S/c1-9-6-7-11(8-13(9)18)19-15(22)10(2)24-17-20-14-5-3-4-12(14)16(23)21-17/h6-8,10H,3-5H2,1-2H3,(H,19,22)(H,20,21,23)/t10-/m0/s1. The third-order valence-electron chi connectivity index (χ3n) is 4.02. The van der Waals surface area contributed by atoms with Gasteiger partial charge in [-0.15, -0.1) is 0 Å². The number of aryl methyl sites for hydroxylation is 2. The summed E-state index contributed by atoms with van der Waals surface area (Å²) in [7, 11) is 0. The van der Waals surface area contributed by atoms with Gasteiger partial charge in [-0.25, -0.2) is 4.98 Å². The predicted octanol–water partition coefficient (Wildman–Crippen LogP) is 3.34. The predicted molar refractivity (Wildman–Crippen MR) is 97.0 cm³/mol. The van der Waals surface area contributed by atoms with Crippen LogP contribution in [0.3, 0.4) is 0 Å². The molecule has 1 heterocycles. The van der Waals surface area contributed by atoms with E-state index in [2.05, 4.69) is 15.3 Å². The van der Waals surface area contributed by atoms with Gasteiger partial charge in [0.05, 0.1) is 10.9 Å². The fourth-order valence-electron chi connectivity index (χ4n) is 2.61. The lowest BCUT2D eigenvalue weighted by Gasteiger charge is -2.12. The molecule has 0 unspecified atom stereocenters. The van der Waals surface area contributed by atoms with E-state index in [-0.39, 0.29) is 11.5 Å². The lowest BCUT2D eigenvalue weighted by molar-refractivity contribution is -0.115. The zero-order valence-electron chi connectivity index (χ0n) is 13.5. The number of amides is 1. The van der Waals surface area contributed by atoms with Gasteiger partial charge in [-0.2, -0.15) is 0 Å². The lowest BCUT2D eigenvalue weighted by Crippen LogP contribution is -2.23. The van der Waals surface area contributed by atoms with E-state index in [0.29, 0.717) is 15.9 Å². The second-order valence-electron chi connectivity index (χ2n) is 5.86. The second-order valence-corrected chi connectivity index (χ2v) is 7.60. The first-order valence-electron chi connectivity index (χ1n) is 7.80. The van der Waals surface area contributed by atoms with E-state index in [1.165, 1.54) is 11.8 Å². The molecule has 0 saturated carbocycles. The van der Waals surface area contributed by atoms with Crippen LogP contribution in [0.1, 0.15) is 30.2 Å². The molecule has 1 amide bonds. The summed E-state index contributed by atoms with van der Waals surface area (Å²) < 4.78 is 0. The van der Waals surface area contributed by atoms with Crippen molar-refractivity contribution in [2.75, 3.05) is 5.32 Å². The molecule has 1 aliphatic rings. The molecule has 0 spiro atoms. The van der Waals surface area contributed by atoms with Gasteiger partial charge < -0.3 is 10.3 Å². The van der Waals surface area contributed by atoms with Gasteiger partial charge in [0.2, 0.25) is 5.91 Å². The number of anilines is 1. The molecule has 0 bridgehead atoms. The van der Waals surface area contributed by atoms with Gasteiger partial charge in [-0.05, 0) is 50.8 Å². The second kappa shape index (κ2) is 6.99. The van der Waals surface area contributed by atoms with E-state index in [9.17, 15) is 9.59 Å². The van der Waals surface area contributed by atoms with E-state index >= 15 is 0 Å². The van der Waals surface area contributed by atoms with E-state index in [0.717, 1.165) is 36.1 Å². The minimum atomic E-state index is -0.396. The highest BCUT2D eigenvalue weighted by molar-refractivity contribution is 8.00. The number of benzene rings is 1. The molecule has 1 aromatic carbocycles. The molecule has 1 aromatic heterocycles. The fraction of sp³-hybridized carbons (Fsp3) is 0.353. The summed E-state index contributed by atoms with van der Waals surface area (Å²) in [6.07, 6.45) is 2.58. The number of halogens is 1. The summed E-state index contributed by atoms with van der Waals surface area (Å²) in [5.74, 6) is -0.164. The summed E-state index contributed by atoms with van der Waals surface area (Å²) in [5.41, 5.74) is 3.17. The molecule has 2 N–H and O–H groups in total. The Morgan fingerprint density at radius 3 is 2.96 bits per heavy atom. The van der Waals surface area contributed by atoms with Gasteiger partial charge in [-0.3, -0.25) is 9.59 Å². The van der Waals surface area contributed by atoms with Crippen LogP contribution >= 0.6 is 23.4 Å². The van der Waals surface area contributed by atoms with E-state index < -0.39 is 5.25 Å². The molecule has 0 fully saturated rings. The maximum absolute atomic E-state index is 12.3. The Bertz CT molecular complexity index is 850. The van der Waals surface area contributed by atoms with Crippen LogP contribution in [0.2, 0.25) is 5.02 Å². The van der Waals surface area contributed by atoms with E-state index in [1.807, 2.05) is 19.1 Å². The van der Waals surface area contributed by atoms with Crippen LogP contribution in [-0.2, 0) is 17.6 Å². The highest BCUT2D eigenvalue weighted by atomic mass is 35.5. The van der Waals surface area contributed by atoms with Crippen LogP contribution in [0, 0.1) is 6.92 Å². The first-order valence-corrected chi connectivity index (χ1v) is 9.05. The number of H-pyrrole nitrogens is 1. The van der Waals surface area contributed by atoms with Crippen LogP contribution in [0.4, 0.5) is 5.69 Å². The number of thioether (sulfide) groups is 1. The minimum Gasteiger partial charge on any atom is -0.325 e. The van der Waals surface area contributed by atoms with Crippen LogP contribution in [0.15, 0.2) is 28.2 Å². The molecule has 7 heteroatoms. The number of hydrogen-bond donors (Lipinski definition) is 2. The van der Waals surface area contributed by atoms with Crippen LogP contribution in [-0.4, -0.2) is 21.1 Å². The number of rotatable bonds is 4. The van der Waals surface area contributed by atoms with Crippen LogP contribution in [0.5, 0.6) is 0 Å². The third-order valence-corrected chi connectivity index (χ3v) is 5.41. The van der Waals surface area contributed by atoms with Gasteiger partial charge >= 0.3 is 0 Å². The molecule has 126 valence electrons. The quantitative estimate of drug-likeness (QED) is 0.645. The molecule has 1 aliphatic carbocycles. The largest absolute Gasteiger partial charge is 0.325 e. The van der Waals surface area contributed by atoms with Crippen LogP contribution < -0.4 is 10.9 Å². The number of fused-ring (bicyclic) bond motifs is 1. The number of carbonyl (C=O) groups excluding carboxylic acids is 1. The van der Waals surface area contributed by atoms with Gasteiger partial charge in [-0.1, -0.05) is 29.4 Å². The highest BCUT2D eigenvalue weighted by Gasteiger charge is 2.20. The van der Waals surface area contributed by atoms with Crippen molar-refractivity contribution >= 4 is 35.0 Å². The Labute approximate surface area is 149 Å². The normalized spacial score (nSPS) is 14.3. The fourth-order valence-corrected chi connectivity index (χ4v) is 3.61. The summed E-state index contributed by atoms with van der Waals surface area (Å²) >= 11 is 7.32. The molecule has 3 rings (SSSR count). The molecular formula is C17H18ClN3O2S. The molecule has 1 atom stereocenters. The summed E-state index contributed by atoms with van der Waals surface area (Å²) in [6, 6.07) is 5.39. The minimum absolute atomic E-state index is 0.0853. The number of hydrogen-bond acceptors (Lipinski definition) is 4. The number of aromatic nitrogens is 2. The lowest BCUT2D eigenvalue weighted by atomic mass is 10.2. The number of aromatic amines is 1. The average molecular weight is 364 g/mol. The first kappa shape index (κ1) is 17.0. The summed E-state index contributed by atoms with van der Waals surface area (Å²) in [4.78, 5) is 31.6. The monoisotopic (exact) mass is 363 g/mol. The first-order chi connectivity index (χ1) is 11.4. The smallest absolute Gasteiger partial charge is 0.254 e. The average Bonchev–Trinajstić information content (AvgIpc) is 3.00. The van der Waals surface area contributed by atoms with Crippen molar-refractivity contribution in [2.45, 2.75) is 43.5 Å². The molecule has 2 aromatic rings. The Morgan fingerprint density at radius 1 is 1.42 bits per heavy atom. The molecule has 0 aliphatic heterocycles. The summed E-state index contributed by atoms with van der Waals surface area (Å²) in [5, 5.41) is 3.54. The molecular weight excluding hydrogens is 346 g/mol. The molecule has 0 saturated heterocycles. The van der Waals surface area contributed by atoms with Crippen LogP contribution in [0.25, 0.3) is 0 Å². The van der Waals surface area contributed by atoms with Crippen molar-refractivity contribution in [3.8, 4) is 0 Å².